The van der Waals surface area contributed by atoms with Crippen LogP contribution in [-0.4, -0.2) is 62.8 Å². The smallest absolute Gasteiger partial charge is 0.289 e. The Balaban J connectivity index is 1.05. The molecule has 1 saturated heterocycles. The molecule has 196 valence electrons. The summed E-state index contributed by atoms with van der Waals surface area (Å²) >= 11 is 4.92. The predicted octanol–water partition coefficient (Wildman–Crippen LogP) is 5.68. The Hall–Kier alpha value is -4.02. The van der Waals surface area contributed by atoms with Gasteiger partial charge in [-0.25, -0.2) is 4.68 Å². The Morgan fingerprint density at radius 2 is 1.51 bits per heavy atom. The molecule has 0 unspecified atom stereocenters. The van der Waals surface area contributed by atoms with Crippen LogP contribution in [0.4, 0.5) is 0 Å². The molecule has 39 heavy (non-hydrogen) atoms. The monoisotopic (exact) mass is 601 g/mol. The molecule has 1 fully saturated rings. The van der Waals surface area contributed by atoms with E-state index in [4.69, 9.17) is 4.42 Å². The Labute approximate surface area is 237 Å². The lowest BCUT2D eigenvalue weighted by Gasteiger charge is -2.34. The topological polar surface area (TPSA) is 84.5 Å². The molecule has 2 amide bonds. The van der Waals surface area contributed by atoms with Crippen molar-refractivity contribution in [1.82, 2.24) is 24.8 Å². The number of rotatable bonds is 6. The molecule has 3 aromatic heterocycles. The molecule has 5 aromatic rings. The van der Waals surface area contributed by atoms with Crippen molar-refractivity contribution in [3.05, 3.63) is 107 Å². The molecule has 0 spiro atoms. The molecule has 2 aromatic carbocycles. The van der Waals surface area contributed by atoms with Gasteiger partial charge in [-0.1, -0.05) is 47.7 Å². The van der Waals surface area contributed by atoms with Crippen LogP contribution in [-0.2, 0) is 6.54 Å². The summed E-state index contributed by atoms with van der Waals surface area (Å²) in [5, 5.41) is 8.66. The molecule has 0 aliphatic carbocycles. The van der Waals surface area contributed by atoms with E-state index in [2.05, 4.69) is 50.5 Å². The van der Waals surface area contributed by atoms with Gasteiger partial charge in [0, 0.05) is 36.6 Å². The van der Waals surface area contributed by atoms with Crippen LogP contribution in [0.5, 0.6) is 0 Å². The number of carbonyl (C=O) groups excluding carboxylic acids is 2. The van der Waals surface area contributed by atoms with E-state index in [0.29, 0.717) is 48.7 Å². The first-order valence-electron chi connectivity index (χ1n) is 12.5. The third-order valence-electron chi connectivity index (χ3n) is 6.64. The van der Waals surface area contributed by atoms with Gasteiger partial charge in [0.1, 0.15) is 5.69 Å². The van der Waals surface area contributed by atoms with E-state index >= 15 is 0 Å². The van der Waals surface area contributed by atoms with Gasteiger partial charge in [-0.05, 0) is 63.5 Å². The molecular formula is C29H24BrN5O3S. The number of piperazine rings is 1. The first-order valence-corrected chi connectivity index (χ1v) is 14.1. The maximum atomic E-state index is 13.1. The molecule has 0 saturated carbocycles. The van der Waals surface area contributed by atoms with Crippen LogP contribution in [0.1, 0.15) is 26.5 Å². The van der Waals surface area contributed by atoms with Crippen LogP contribution in [0.2, 0.25) is 0 Å². The maximum Gasteiger partial charge on any atom is 0.289 e. The molecule has 10 heteroatoms. The fourth-order valence-corrected chi connectivity index (χ4v) is 5.81. The quantitative estimate of drug-likeness (QED) is 0.250. The zero-order valence-corrected chi connectivity index (χ0v) is 23.3. The van der Waals surface area contributed by atoms with Crippen molar-refractivity contribution in [2.75, 3.05) is 26.2 Å². The standard InChI is InChI=1S/C29H24BrN5O3S/c30-27-13-10-24(38-27)29(37)34-16-14-33(15-17-34)28(36)22-8-6-20(7-9-22)18-35-19-23(31-32-35)26-12-11-25(39-26)21-4-2-1-3-5-21/h1-13,19H,14-18H2. The Bertz CT molecular complexity index is 1600. The van der Waals surface area contributed by atoms with Gasteiger partial charge in [-0.15, -0.1) is 16.4 Å². The van der Waals surface area contributed by atoms with Crippen LogP contribution < -0.4 is 0 Å². The van der Waals surface area contributed by atoms with Gasteiger partial charge < -0.3 is 14.2 Å². The minimum atomic E-state index is -0.163. The van der Waals surface area contributed by atoms with E-state index in [-0.39, 0.29) is 11.8 Å². The maximum absolute atomic E-state index is 13.1. The second kappa shape index (κ2) is 11.0. The number of hydrogen-bond donors (Lipinski definition) is 0. The summed E-state index contributed by atoms with van der Waals surface area (Å²) in [4.78, 5) is 31.4. The zero-order valence-electron chi connectivity index (χ0n) is 20.9. The first-order chi connectivity index (χ1) is 19.0. The third-order valence-corrected chi connectivity index (χ3v) is 8.22. The van der Waals surface area contributed by atoms with E-state index in [1.165, 1.54) is 10.4 Å². The van der Waals surface area contributed by atoms with Crippen molar-refractivity contribution < 1.29 is 14.0 Å². The number of halogens is 1. The average molecular weight is 603 g/mol. The second-order valence-electron chi connectivity index (χ2n) is 9.22. The largest absolute Gasteiger partial charge is 0.444 e. The van der Waals surface area contributed by atoms with Gasteiger partial charge in [0.2, 0.25) is 0 Å². The van der Waals surface area contributed by atoms with Gasteiger partial charge in [0.05, 0.1) is 17.6 Å². The Morgan fingerprint density at radius 1 is 0.821 bits per heavy atom. The van der Waals surface area contributed by atoms with Crippen molar-refractivity contribution in [3.8, 4) is 21.0 Å². The number of nitrogens with zero attached hydrogens (tertiary/aromatic N) is 5. The summed E-state index contributed by atoms with van der Waals surface area (Å²) in [6, 6.07) is 25.4. The van der Waals surface area contributed by atoms with Crippen LogP contribution >= 0.6 is 27.3 Å². The lowest BCUT2D eigenvalue weighted by atomic mass is 10.1. The number of carbonyl (C=O) groups is 2. The number of thiophene rings is 1. The van der Waals surface area contributed by atoms with Crippen LogP contribution in [0, 0.1) is 0 Å². The van der Waals surface area contributed by atoms with Gasteiger partial charge in [0.15, 0.2) is 10.4 Å². The highest BCUT2D eigenvalue weighted by molar-refractivity contribution is 9.10. The van der Waals surface area contributed by atoms with Crippen molar-refractivity contribution in [2.45, 2.75) is 6.54 Å². The minimum Gasteiger partial charge on any atom is -0.444 e. The van der Waals surface area contributed by atoms with E-state index in [9.17, 15) is 9.59 Å². The summed E-state index contributed by atoms with van der Waals surface area (Å²) in [7, 11) is 0. The highest BCUT2D eigenvalue weighted by Crippen LogP contribution is 2.33. The summed E-state index contributed by atoms with van der Waals surface area (Å²) in [6.07, 6.45) is 1.95. The molecule has 0 bridgehead atoms. The number of benzene rings is 2. The predicted molar refractivity (Wildman–Crippen MR) is 153 cm³/mol. The number of furan rings is 1. The molecule has 8 nitrogen and oxygen atoms in total. The number of aromatic nitrogens is 3. The lowest BCUT2D eigenvalue weighted by Crippen LogP contribution is -2.50. The first kappa shape index (κ1) is 25.3. The molecule has 1 aliphatic heterocycles. The van der Waals surface area contributed by atoms with Crippen molar-refractivity contribution in [2.24, 2.45) is 0 Å². The Morgan fingerprint density at radius 3 is 2.21 bits per heavy atom. The minimum absolute atomic E-state index is 0.0376. The molecule has 0 N–H and O–H groups in total. The fourth-order valence-electron chi connectivity index (χ4n) is 4.54. The van der Waals surface area contributed by atoms with Crippen LogP contribution in [0.3, 0.4) is 0 Å². The van der Waals surface area contributed by atoms with Gasteiger partial charge >= 0.3 is 0 Å². The van der Waals surface area contributed by atoms with E-state index in [1.54, 1.807) is 33.3 Å². The van der Waals surface area contributed by atoms with E-state index in [1.807, 2.05) is 53.3 Å². The Kier molecular flexibility index (Phi) is 7.12. The normalized spacial score (nSPS) is 13.6. The number of hydrogen-bond acceptors (Lipinski definition) is 6. The second-order valence-corrected chi connectivity index (χ2v) is 11.1. The van der Waals surface area contributed by atoms with Crippen LogP contribution in [0.25, 0.3) is 21.0 Å². The van der Waals surface area contributed by atoms with Crippen molar-refractivity contribution in [1.29, 1.82) is 0 Å². The molecule has 6 rings (SSSR count). The number of amides is 2. The fraction of sp³-hybridized carbons (Fsp3) is 0.172. The van der Waals surface area contributed by atoms with Crippen molar-refractivity contribution >= 4 is 39.1 Å². The average Bonchev–Trinajstić information content (AvgIpc) is 3.75. The van der Waals surface area contributed by atoms with Crippen LogP contribution in [0.15, 0.2) is 94.1 Å². The van der Waals surface area contributed by atoms with Gasteiger partial charge in [-0.3, -0.25) is 9.59 Å². The molecule has 1 aliphatic rings. The van der Waals surface area contributed by atoms with Gasteiger partial charge in [0.25, 0.3) is 11.8 Å². The van der Waals surface area contributed by atoms with E-state index < -0.39 is 0 Å². The summed E-state index contributed by atoms with van der Waals surface area (Å²) in [6.45, 7) is 2.44. The molecule has 0 radical (unpaired) electrons. The summed E-state index contributed by atoms with van der Waals surface area (Å²) < 4.78 is 7.70. The van der Waals surface area contributed by atoms with E-state index in [0.717, 1.165) is 16.1 Å². The SMILES string of the molecule is O=C(c1ccc(Cn2cc(-c3ccc(-c4ccccc4)s3)nn2)cc1)N1CCN(C(=O)c2ccc(Br)o2)CC1. The lowest BCUT2D eigenvalue weighted by molar-refractivity contribution is 0.0517. The third kappa shape index (κ3) is 5.57. The highest BCUT2D eigenvalue weighted by atomic mass is 79.9. The van der Waals surface area contributed by atoms with Crippen molar-refractivity contribution in [3.63, 3.8) is 0 Å². The highest BCUT2D eigenvalue weighted by Gasteiger charge is 2.27. The summed E-state index contributed by atoms with van der Waals surface area (Å²) in [5.74, 6) is 0.0950. The molecule has 0 atom stereocenters. The zero-order chi connectivity index (χ0) is 26.8. The van der Waals surface area contributed by atoms with Gasteiger partial charge in [-0.2, -0.15) is 0 Å². The summed E-state index contributed by atoms with van der Waals surface area (Å²) in [5.41, 5.74) is 3.68. The molecular weight excluding hydrogens is 578 g/mol. The molecule has 4 heterocycles.